The molecule has 5 aromatic rings. The highest BCUT2D eigenvalue weighted by molar-refractivity contribution is 6.12. The van der Waals surface area contributed by atoms with Crippen molar-refractivity contribution in [3.63, 3.8) is 0 Å². The van der Waals surface area contributed by atoms with Gasteiger partial charge in [0.1, 0.15) is 17.5 Å². The van der Waals surface area contributed by atoms with Gasteiger partial charge in [0.25, 0.3) is 0 Å². The third-order valence-corrected chi connectivity index (χ3v) is 6.26. The number of anilines is 2. The van der Waals surface area contributed by atoms with Gasteiger partial charge in [-0.2, -0.15) is 5.10 Å². The molecule has 0 aliphatic carbocycles. The molecule has 0 fully saturated rings. The molecule has 5 rings (SSSR count). The zero-order valence-corrected chi connectivity index (χ0v) is 19.8. The van der Waals surface area contributed by atoms with Gasteiger partial charge in [-0.05, 0) is 68.1 Å². The van der Waals surface area contributed by atoms with Gasteiger partial charge in [-0.25, -0.2) is 13.5 Å². The average molecular weight is 487 g/mol. The summed E-state index contributed by atoms with van der Waals surface area (Å²) in [5.74, 6) is -0.994. The Morgan fingerprint density at radius 2 is 1.81 bits per heavy atom. The van der Waals surface area contributed by atoms with Gasteiger partial charge in [0.05, 0.1) is 34.5 Å². The summed E-state index contributed by atoms with van der Waals surface area (Å²) in [6, 6.07) is 12.9. The fourth-order valence-electron chi connectivity index (χ4n) is 4.46. The normalized spacial score (nSPS) is 11.3. The summed E-state index contributed by atoms with van der Waals surface area (Å²) < 4.78 is 29.3. The lowest BCUT2D eigenvalue weighted by Crippen LogP contribution is -2.11. The molecule has 3 heterocycles. The summed E-state index contributed by atoms with van der Waals surface area (Å²) in [5.41, 5.74) is 16.7. The molecule has 7 nitrogen and oxygen atoms in total. The summed E-state index contributed by atoms with van der Waals surface area (Å²) in [7, 11) is 0. The van der Waals surface area contributed by atoms with Crippen molar-refractivity contribution in [1.82, 2.24) is 19.7 Å². The van der Waals surface area contributed by atoms with Gasteiger partial charge < -0.3 is 16.5 Å². The number of hydrogen-bond acceptors (Lipinski definition) is 5. The number of carbonyl (C=O) groups excluding carboxylic acids is 1. The first-order valence-corrected chi connectivity index (χ1v) is 11.4. The monoisotopic (exact) mass is 486 g/mol. The van der Waals surface area contributed by atoms with E-state index in [0.29, 0.717) is 40.7 Å². The van der Waals surface area contributed by atoms with E-state index in [2.05, 4.69) is 15.1 Å². The second-order valence-electron chi connectivity index (χ2n) is 8.78. The smallest absolute Gasteiger partial charge is 0.214 e. The topological polar surface area (TPSA) is 116 Å². The number of aryl methyl sites for hydroxylation is 4. The Balaban J connectivity index is 1.43. The Morgan fingerprint density at radius 1 is 1.03 bits per heavy atom. The molecule has 0 aliphatic rings. The molecule has 3 aromatic heterocycles. The molecule has 36 heavy (non-hydrogen) atoms. The van der Waals surface area contributed by atoms with Crippen molar-refractivity contribution in [1.29, 1.82) is 0 Å². The number of pyridine rings is 1. The first-order valence-electron chi connectivity index (χ1n) is 11.4. The van der Waals surface area contributed by atoms with Crippen molar-refractivity contribution in [2.24, 2.45) is 0 Å². The van der Waals surface area contributed by atoms with Crippen LogP contribution in [0.15, 0.2) is 54.7 Å². The minimum Gasteiger partial charge on any atom is -0.396 e. The average Bonchev–Trinajstić information content (AvgIpc) is 3.41. The first kappa shape index (κ1) is 23.2. The third kappa shape index (κ3) is 4.08. The van der Waals surface area contributed by atoms with Gasteiger partial charge in [-0.1, -0.05) is 18.2 Å². The fraction of sp³-hybridized carbons (Fsp3) is 0.148. The lowest BCUT2D eigenvalue weighted by molar-refractivity contribution is 0.103. The number of H-pyrrole nitrogens is 1. The summed E-state index contributed by atoms with van der Waals surface area (Å²) in [6.07, 6.45) is 2.51. The van der Waals surface area contributed by atoms with Crippen LogP contribution in [0.4, 0.5) is 20.3 Å². The van der Waals surface area contributed by atoms with E-state index < -0.39 is 5.82 Å². The van der Waals surface area contributed by atoms with Crippen molar-refractivity contribution in [2.75, 3.05) is 11.5 Å². The van der Waals surface area contributed by atoms with Crippen molar-refractivity contribution in [3.05, 3.63) is 100 Å². The standard InChI is InChI=1S/C27H24F2N6O/c1-14-9-18(8-7-16-5-3-4-6-20(16)28)33-15(2)25(14)35-27(31)19(13-32-35)26(36)24-11-17-10-21(29)22(30)12-23(17)34-24/h3-6,9-13,34H,7-8,30-31H2,1-2H3. The van der Waals surface area contributed by atoms with Gasteiger partial charge in [0.15, 0.2) is 0 Å². The number of rotatable bonds is 6. The van der Waals surface area contributed by atoms with E-state index in [1.165, 1.54) is 29.1 Å². The van der Waals surface area contributed by atoms with Crippen molar-refractivity contribution < 1.29 is 13.6 Å². The Morgan fingerprint density at radius 3 is 2.56 bits per heavy atom. The summed E-state index contributed by atoms with van der Waals surface area (Å²) in [5, 5.41) is 4.88. The number of nitrogens with one attached hydrogen (secondary N) is 1. The highest BCUT2D eigenvalue weighted by atomic mass is 19.1. The molecule has 0 spiro atoms. The van der Waals surface area contributed by atoms with Crippen LogP contribution in [0.25, 0.3) is 16.6 Å². The van der Waals surface area contributed by atoms with Crippen LogP contribution >= 0.6 is 0 Å². The molecule has 0 aliphatic heterocycles. The second-order valence-corrected chi connectivity index (χ2v) is 8.78. The van der Waals surface area contributed by atoms with Crippen LogP contribution in [-0.2, 0) is 12.8 Å². The predicted octanol–water partition coefficient (Wildman–Crippen LogP) is 4.82. The van der Waals surface area contributed by atoms with Gasteiger partial charge >= 0.3 is 0 Å². The molecular formula is C27H24F2N6O. The quantitative estimate of drug-likeness (QED) is 0.235. The van der Waals surface area contributed by atoms with Crippen molar-refractivity contribution in [2.45, 2.75) is 26.7 Å². The van der Waals surface area contributed by atoms with E-state index >= 15 is 0 Å². The highest BCUT2D eigenvalue weighted by Crippen LogP contribution is 2.27. The summed E-state index contributed by atoms with van der Waals surface area (Å²) in [4.78, 5) is 20.8. The predicted molar refractivity (Wildman–Crippen MR) is 135 cm³/mol. The Bertz CT molecular complexity index is 1570. The van der Waals surface area contributed by atoms with E-state index in [0.717, 1.165) is 11.3 Å². The van der Waals surface area contributed by atoms with Crippen LogP contribution in [0, 0.1) is 25.5 Å². The summed E-state index contributed by atoms with van der Waals surface area (Å²) >= 11 is 0. The van der Waals surface area contributed by atoms with E-state index in [1.54, 1.807) is 18.2 Å². The first-order chi connectivity index (χ1) is 17.2. The third-order valence-electron chi connectivity index (χ3n) is 6.26. The molecule has 0 atom stereocenters. The van der Waals surface area contributed by atoms with Crippen molar-refractivity contribution in [3.8, 4) is 5.69 Å². The minimum atomic E-state index is -0.552. The molecule has 0 saturated heterocycles. The molecule has 9 heteroatoms. The number of aromatic amines is 1. The van der Waals surface area contributed by atoms with Crippen LogP contribution < -0.4 is 11.5 Å². The van der Waals surface area contributed by atoms with Gasteiger partial charge in [-0.3, -0.25) is 9.78 Å². The Hall–Kier alpha value is -4.53. The van der Waals surface area contributed by atoms with Gasteiger partial charge in [0, 0.05) is 16.6 Å². The molecule has 0 radical (unpaired) electrons. The van der Waals surface area contributed by atoms with Crippen LogP contribution in [0.2, 0.25) is 0 Å². The molecule has 0 saturated carbocycles. The van der Waals surface area contributed by atoms with E-state index in [4.69, 9.17) is 11.5 Å². The zero-order chi connectivity index (χ0) is 25.6. The molecule has 2 aromatic carbocycles. The number of nitrogens with two attached hydrogens (primary N) is 2. The van der Waals surface area contributed by atoms with E-state index in [-0.39, 0.29) is 34.4 Å². The van der Waals surface area contributed by atoms with Gasteiger partial charge in [0.2, 0.25) is 5.78 Å². The number of halogens is 2. The number of nitrogen functional groups attached to an aromatic ring is 2. The Kier molecular flexibility index (Phi) is 5.75. The largest absolute Gasteiger partial charge is 0.396 e. The van der Waals surface area contributed by atoms with Crippen molar-refractivity contribution >= 4 is 28.2 Å². The fourth-order valence-corrected chi connectivity index (χ4v) is 4.46. The van der Waals surface area contributed by atoms with E-state index in [1.807, 2.05) is 26.0 Å². The molecule has 0 amide bonds. The lowest BCUT2D eigenvalue weighted by Gasteiger charge is -2.13. The number of aromatic nitrogens is 4. The van der Waals surface area contributed by atoms with Crippen LogP contribution in [-0.4, -0.2) is 25.5 Å². The van der Waals surface area contributed by atoms with E-state index in [9.17, 15) is 13.6 Å². The maximum atomic E-state index is 14.0. The molecule has 5 N–H and O–H groups in total. The maximum Gasteiger partial charge on any atom is 0.214 e. The minimum absolute atomic E-state index is 0.00789. The lowest BCUT2D eigenvalue weighted by atomic mass is 10.0. The molecular weight excluding hydrogens is 462 g/mol. The van der Waals surface area contributed by atoms with Gasteiger partial charge in [-0.15, -0.1) is 0 Å². The Labute approximate surface area is 205 Å². The number of hydrogen-bond donors (Lipinski definition) is 3. The number of nitrogens with zero attached hydrogens (tertiary/aromatic N) is 3. The summed E-state index contributed by atoms with van der Waals surface area (Å²) in [6.45, 7) is 3.75. The number of ketones is 1. The molecule has 182 valence electrons. The second kappa shape index (κ2) is 8.92. The van der Waals surface area contributed by atoms with Crippen LogP contribution in [0.3, 0.4) is 0 Å². The van der Waals surface area contributed by atoms with Crippen LogP contribution in [0.1, 0.15) is 38.6 Å². The number of carbonyl (C=O) groups is 1. The maximum absolute atomic E-state index is 14.0. The molecule has 0 unspecified atom stereocenters. The number of fused-ring (bicyclic) bond motifs is 1. The van der Waals surface area contributed by atoms with Crippen LogP contribution in [0.5, 0.6) is 0 Å². The number of benzene rings is 2. The zero-order valence-electron chi connectivity index (χ0n) is 19.8. The molecule has 0 bridgehead atoms. The highest BCUT2D eigenvalue weighted by Gasteiger charge is 2.22. The SMILES string of the molecule is Cc1cc(CCc2ccccc2F)nc(C)c1-n1ncc(C(=O)c2cc3cc(F)c(N)cc3[nH]2)c1N.